The van der Waals surface area contributed by atoms with Crippen molar-refractivity contribution in [3.63, 3.8) is 0 Å². The molecule has 2 fully saturated rings. The van der Waals surface area contributed by atoms with Gasteiger partial charge in [-0.25, -0.2) is 0 Å². The molecular formula is C28H43NO5. The monoisotopic (exact) mass is 473 g/mol. The van der Waals surface area contributed by atoms with Gasteiger partial charge in [0.2, 0.25) is 0 Å². The molecule has 0 radical (unpaired) electrons. The molecule has 0 bridgehead atoms. The zero-order valence-corrected chi connectivity index (χ0v) is 22.1. The lowest BCUT2D eigenvalue weighted by atomic mass is 9.76. The normalized spacial score (nSPS) is 30.4. The van der Waals surface area contributed by atoms with Crippen molar-refractivity contribution in [3.8, 4) is 0 Å². The van der Waals surface area contributed by atoms with Gasteiger partial charge in [0.1, 0.15) is 11.4 Å². The minimum atomic E-state index is -0.533. The van der Waals surface area contributed by atoms with Crippen molar-refractivity contribution in [2.75, 3.05) is 20.2 Å². The maximum Gasteiger partial charge on any atom is 0.309 e. The molecule has 3 rings (SSSR count). The first-order chi connectivity index (χ1) is 16.1. The number of hydrogen-bond acceptors (Lipinski definition) is 6. The molecule has 0 aromatic carbocycles. The van der Waals surface area contributed by atoms with Crippen molar-refractivity contribution in [2.24, 2.45) is 11.8 Å². The van der Waals surface area contributed by atoms with Gasteiger partial charge < -0.3 is 14.2 Å². The number of methoxy groups -OCH3 is 1. The molecular weight excluding hydrogens is 430 g/mol. The Morgan fingerprint density at radius 2 is 2.00 bits per heavy atom. The number of ether oxygens (including phenoxy) is 3. The van der Waals surface area contributed by atoms with E-state index in [9.17, 15) is 9.59 Å². The third-order valence-electron chi connectivity index (χ3n) is 7.84. The van der Waals surface area contributed by atoms with Crippen LogP contribution in [-0.4, -0.2) is 54.3 Å². The molecule has 3 aliphatic rings. The van der Waals surface area contributed by atoms with E-state index >= 15 is 0 Å². The molecule has 1 spiro atoms. The predicted molar refractivity (Wildman–Crippen MR) is 133 cm³/mol. The largest absolute Gasteiger partial charge is 0.497 e. The van der Waals surface area contributed by atoms with Crippen LogP contribution < -0.4 is 0 Å². The fraction of sp³-hybridized carbons (Fsp3) is 0.714. The molecule has 0 aromatic rings. The number of hydrogen-bond donors (Lipinski definition) is 0. The van der Waals surface area contributed by atoms with E-state index in [0.717, 1.165) is 44.5 Å². The lowest BCUT2D eigenvalue weighted by Gasteiger charge is -2.39. The first-order valence-electron chi connectivity index (χ1n) is 12.8. The molecule has 6 heteroatoms. The minimum Gasteiger partial charge on any atom is -0.497 e. The zero-order valence-electron chi connectivity index (χ0n) is 22.1. The Kier molecular flexibility index (Phi) is 8.33. The smallest absolute Gasteiger partial charge is 0.309 e. The topological polar surface area (TPSA) is 65.1 Å². The number of carbonyl (C=O) groups is 2. The number of nitrogens with zero attached hydrogens (tertiary/aromatic N) is 1. The summed E-state index contributed by atoms with van der Waals surface area (Å²) in [5.74, 6) is 0.0917. The van der Waals surface area contributed by atoms with Crippen molar-refractivity contribution in [3.05, 3.63) is 35.1 Å². The highest BCUT2D eigenvalue weighted by Crippen LogP contribution is 2.53. The van der Waals surface area contributed by atoms with Crippen LogP contribution in [0.15, 0.2) is 35.1 Å². The second-order valence-corrected chi connectivity index (χ2v) is 10.6. The molecule has 6 nitrogen and oxygen atoms in total. The summed E-state index contributed by atoms with van der Waals surface area (Å²) in [6.07, 6.45) is 11.6. The van der Waals surface area contributed by atoms with E-state index in [-0.39, 0.29) is 29.3 Å². The second-order valence-electron chi connectivity index (χ2n) is 10.6. The maximum absolute atomic E-state index is 13.3. The average molecular weight is 474 g/mol. The van der Waals surface area contributed by atoms with Gasteiger partial charge in [0.15, 0.2) is 6.10 Å². The summed E-state index contributed by atoms with van der Waals surface area (Å²) < 4.78 is 17.5. The average Bonchev–Trinajstić information content (AvgIpc) is 3.27. The summed E-state index contributed by atoms with van der Waals surface area (Å²) in [6.45, 7) is 13.4. The molecule has 2 saturated heterocycles. The van der Waals surface area contributed by atoms with Gasteiger partial charge in [-0.2, -0.15) is 0 Å². The van der Waals surface area contributed by atoms with Crippen LogP contribution in [0.25, 0.3) is 0 Å². The Morgan fingerprint density at radius 1 is 1.26 bits per heavy atom. The van der Waals surface area contributed by atoms with Gasteiger partial charge in [0.05, 0.1) is 24.5 Å². The van der Waals surface area contributed by atoms with Gasteiger partial charge in [-0.3, -0.25) is 14.5 Å². The molecule has 0 N–H and O–H groups in total. The Balaban J connectivity index is 1.76. The summed E-state index contributed by atoms with van der Waals surface area (Å²) in [7, 11) is 1.68. The lowest BCUT2D eigenvalue weighted by Crippen LogP contribution is -2.49. The number of esters is 2. The molecule has 0 aromatic heterocycles. The summed E-state index contributed by atoms with van der Waals surface area (Å²) in [6, 6.07) is 0. The predicted octanol–water partition coefficient (Wildman–Crippen LogP) is 5.34. The minimum absolute atomic E-state index is 0.0442. The van der Waals surface area contributed by atoms with E-state index in [1.165, 1.54) is 18.1 Å². The van der Waals surface area contributed by atoms with Crippen LogP contribution in [-0.2, 0) is 23.8 Å². The van der Waals surface area contributed by atoms with Crippen LogP contribution >= 0.6 is 0 Å². The highest BCUT2D eigenvalue weighted by Gasteiger charge is 2.58. The van der Waals surface area contributed by atoms with E-state index in [0.29, 0.717) is 12.8 Å². The van der Waals surface area contributed by atoms with Crippen molar-refractivity contribution in [1.29, 1.82) is 0 Å². The Hall–Kier alpha value is -2.08. The highest BCUT2D eigenvalue weighted by molar-refractivity contribution is 5.72. The molecule has 34 heavy (non-hydrogen) atoms. The number of rotatable bonds is 8. The lowest BCUT2D eigenvalue weighted by molar-refractivity contribution is -0.157. The van der Waals surface area contributed by atoms with E-state index in [4.69, 9.17) is 14.2 Å². The highest BCUT2D eigenvalue weighted by atomic mass is 16.6. The molecule has 0 amide bonds. The van der Waals surface area contributed by atoms with Gasteiger partial charge in [0, 0.05) is 13.5 Å². The van der Waals surface area contributed by atoms with Gasteiger partial charge in [-0.1, -0.05) is 19.1 Å². The van der Waals surface area contributed by atoms with Crippen LogP contribution in [0, 0.1) is 11.8 Å². The van der Waals surface area contributed by atoms with Gasteiger partial charge in [0.25, 0.3) is 0 Å². The van der Waals surface area contributed by atoms with E-state index in [2.05, 4.69) is 37.0 Å². The fourth-order valence-corrected chi connectivity index (χ4v) is 6.24. The molecule has 190 valence electrons. The van der Waals surface area contributed by atoms with E-state index in [1.54, 1.807) is 7.11 Å². The van der Waals surface area contributed by atoms with Gasteiger partial charge in [-0.05, 0) is 90.0 Å². The Bertz CT molecular complexity index is 870. The number of carbonyl (C=O) groups excluding carboxylic acids is 2. The standard InChI is InChI=1S/C28H43NO5/c1-8-21-13-17-29-16-11-15-28(29)18-23(32-7)25(24(28)22(21)9-2)33-26(31)19(3)12-10-14-27(5,6)34-20(4)30/h8-9,18-19,24-25H,10-17H2,1-7H3. The van der Waals surface area contributed by atoms with Gasteiger partial charge >= 0.3 is 11.9 Å². The van der Waals surface area contributed by atoms with Crippen LogP contribution in [0.1, 0.15) is 80.1 Å². The third kappa shape index (κ3) is 5.27. The zero-order chi connectivity index (χ0) is 25.1. The van der Waals surface area contributed by atoms with Crippen molar-refractivity contribution in [1.82, 2.24) is 4.90 Å². The van der Waals surface area contributed by atoms with Crippen molar-refractivity contribution < 1.29 is 23.8 Å². The molecule has 4 atom stereocenters. The van der Waals surface area contributed by atoms with Gasteiger partial charge in [-0.15, -0.1) is 0 Å². The molecule has 2 heterocycles. The maximum atomic E-state index is 13.3. The van der Waals surface area contributed by atoms with Crippen LogP contribution in [0.2, 0.25) is 0 Å². The summed E-state index contributed by atoms with van der Waals surface area (Å²) in [5, 5.41) is 0. The Labute approximate surface area is 205 Å². The first kappa shape index (κ1) is 26.5. The summed E-state index contributed by atoms with van der Waals surface area (Å²) in [5.41, 5.74) is 1.94. The molecule has 4 unspecified atom stereocenters. The van der Waals surface area contributed by atoms with E-state index in [1.807, 2.05) is 20.8 Å². The van der Waals surface area contributed by atoms with E-state index < -0.39 is 11.7 Å². The van der Waals surface area contributed by atoms with Crippen LogP contribution in [0.3, 0.4) is 0 Å². The number of allylic oxidation sites excluding steroid dienone is 2. The van der Waals surface area contributed by atoms with Crippen molar-refractivity contribution >= 4 is 11.9 Å². The fourth-order valence-electron chi connectivity index (χ4n) is 6.24. The van der Waals surface area contributed by atoms with Crippen LogP contribution in [0.5, 0.6) is 0 Å². The third-order valence-corrected chi connectivity index (χ3v) is 7.84. The molecule has 0 saturated carbocycles. The SMILES string of the molecule is CC=C1CCN2CCCC23C=C(OC)C(OC(=O)C(C)CCCC(C)(C)OC(C)=O)C3C1=CC. The summed E-state index contributed by atoms with van der Waals surface area (Å²) in [4.78, 5) is 27.1. The second kappa shape index (κ2) is 10.7. The molecule has 1 aliphatic carbocycles. The van der Waals surface area contributed by atoms with Crippen molar-refractivity contribution in [2.45, 2.75) is 97.3 Å². The Morgan fingerprint density at radius 3 is 2.62 bits per heavy atom. The van der Waals surface area contributed by atoms with Crippen LogP contribution in [0.4, 0.5) is 0 Å². The first-order valence-corrected chi connectivity index (χ1v) is 12.8. The quantitative estimate of drug-likeness (QED) is 0.444. The summed E-state index contributed by atoms with van der Waals surface area (Å²) >= 11 is 0. The molecule has 2 aliphatic heterocycles.